The van der Waals surface area contributed by atoms with Crippen LogP contribution in [0.1, 0.15) is 31.0 Å². The van der Waals surface area contributed by atoms with Crippen LogP contribution in [-0.4, -0.2) is 52.1 Å². The molecule has 3 rings (SSSR count). The summed E-state index contributed by atoms with van der Waals surface area (Å²) in [6, 6.07) is 0.579. The highest BCUT2D eigenvalue weighted by molar-refractivity contribution is 5.30. The predicted octanol–water partition coefficient (Wildman–Crippen LogP) is 1.56. The number of rotatable bonds is 6. The van der Waals surface area contributed by atoms with Gasteiger partial charge in [0.25, 0.3) is 0 Å². The van der Waals surface area contributed by atoms with Crippen LogP contribution in [0.2, 0.25) is 0 Å². The standard InChI is InChI=1S/C17H26N6O/c1-13-8-21-23(12-13)15(3)14(2)18-9-16-10-19-17(20-11-16)22-4-6-24-7-5-22/h8,10-12,14-15,18H,4-7,9H2,1-3H3/t14-,15+/m1/s1. The van der Waals surface area contributed by atoms with Crippen LogP contribution in [0.3, 0.4) is 0 Å². The fourth-order valence-electron chi connectivity index (χ4n) is 2.70. The lowest BCUT2D eigenvalue weighted by Gasteiger charge is -2.26. The Morgan fingerprint density at radius 1 is 1.17 bits per heavy atom. The fraction of sp³-hybridized carbons (Fsp3) is 0.588. The quantitative estimate of drug-likeness (QED) is 0.867. The Hall–Kier alpha value is -1.99. The number of hydrogen-bond donors (Lipinski definition) is 1. The zero-order valence-electron chi connectivity index (χ0n) is 14.6. The molecule has 0 amide bonds. The maximum atomic E-state index is 5.36. The average molecular weight is 330 g/mol. The third-order valence-electron chi connectivity index (χ3n) is 4.49. The zero-order chi connectivity index (χ0) is 16.9. The molecule has 1 N–H and O–H groups in total. The second kappa shape index (κ2) is 7.72. The molecule has 7 heteroatoms. The van der Waals surface area contributed by atoms with Gasteiger partial charge < -0.3 is 15.0 Å². The van der Waals surface area contributed by atoms with E-state index in [1.807, 2.05) is 23.3 Å². The van der Waals surface area contributed by atoms with Gasteiger partial charge in [0.1, 0.15) is 0 Å². The van der Waals surface area contributed by atoms with Crippen LogP contribution in [0.5, 0.6) is 0 Å². The molecule has 2 aromatic rings. The molecule has 1 aliphatic rings. The molecule has 0 bridgehead atoms. The molecule has 1 aliphatic heterocycles. The van der Waals surface area contributed by atoms with E-state index in [0.29, 0.717) is 6.04 Å². The Morgan fingerprint density at radius 2 is 1.88 bits per heavy atom. The van der Waals surface area contributed by atoms with Gasteiger partial charge in [0, 0.05) is 49.8 Å². The van der Waals surface area contributed by atoms with Crippen LogP contribution in [0, 0.1) is 6.92 Å². The highest BCUT2D eigenvalue weighted by Crippen LogP contribution is 2.12. The summed E-state index contributed by atoms with van der Waals surface area (Å²) in [7, 11) is 0. The third kappa shape index (κ3) is 4.10. The number of nitrogens with one attached hydrogen (secondary N) is 1. The first-order valence-electron chi connectivity index (χ1n) is 8.51. The van der Waals surface area contributed by atoms with Gasteiger partial charge in [0.2, 0.25) is 5.95 Å². The first kappa shape index (κ1) is 16.9. The van der Waals surface area contributed by atoms with Gasteiger partial charge in [-0.2, -0.15) is 5.10 Å². The summed E-state index contributed by atoms with van der Waals surface area (Å²) >= 11 is 0. The van der Waals surface area contributed by atoms with Crippen molar-refractivity contribution >= 4 is 5.95 Å². The molecule has 130 valence electrons. The van der Waals surface area contributed by atoms with Crippen molar-refractivity contribution < 1.29 is 4.74 Å². The summed E-state index contributed by atoms with van der Waals surface area (Å²) < 4.78 is 7.36. The zero-order valence-corrected chi connectivity index (χ0v) is 14.6. The van der Waals surface area contributed by atoms with Crippen molar-refractivity contribution in [1.29, 1.82) is 0 Å². The Kier molecular flexibility index (Phi) is 5.42. The van der Waals surface area contributed by atoms with E-state index in [4.69, 9.17) is 4.74 Å². The minimum Gasteiger partial charge on any atom is -0.378 e. The number of nitrogens with zero attached hydrogens (tertiary/aromatic N) is 5. The smallest absolute Gasteiger partial charge is 0.225 e. The largest absolute Gasteiger partial charge is 0.378 e. The first-order valence-corrected chi connectivity index (χ1v) is 8.51. The lowest BCUT2D eigenvalue weighted by atomic mass is 10.1. The van der Waals surface area contributed by atoms with E-state index < -0.39 is 0 Å². The van der Waals surface area contributed by atoms with Gasteiger partial charge in [0.15, 0.2) is 0 Å². The van der Waals surface area contributed by atoms with Gasteiger partial charge in [-0.05, 0) is 26.3 Å². The lowest BCUT2D eigenvalue weighted by Crippen LogP contribution is -2.37. The molecule has 0 aromatic carbocycles. The van der Waals surface area contributed by atoms with Gasteiger partial charge in [-0.3, -0.25) is 4.68 Å². The third-order valence-corrected chi connectivity index (χ3v) is 4.49. The monoisotopic (exact) mass is 330 g/mol. The highest BCUT2D eigenvalue weighted by atomic mass is 16.5. The molecular formula is C17H26N6O. The Labute approximate surface area is 143 Å². The molecular weight excluding hydrogens is 304 g/mol. The lowest BCUT2D eigenvalue weighted by molar-refractivity contribution is 0.122. The summed E-state index contributed by atoms with van der Waals surface area (Å²) in [6.45, 7) is 10.3. The molecule has 2 atom stereocenters. The summed E-state index contributed by atoms with van der Waals surface area (Å²) in [5.41, 5.74) is 2.27. The van der Waals surface area contributed by atoms with Crippen LogP contribution >= 0.6 is 0 Å². The summed E-state index contributed by atoms with van der Waals surface area (Å²) in [4.78, 5) is 11.1. The molecule has 3 heterocycles. The van der Waals surface area contributed by atoms with Crippen LogP contribution < -0.4 is 10.2 Å². The van der Waals surface area contributed by atoms with E-state index >= 15 is 0 Å². The van der Waals surface area contributed by atoms with Crippen LogP contribution in [-0.2, 0) is 11.3 Å². The predicted molar refractivity (Wildman–Crippen MR) is 93.0 cm³/mol. The molecule has 0 aliphatic carbocycles. The summed E-state index contributed by atoms with van der Waals surface area (Å²) in [6.07, 6.45) is 7.77. The SMILES string of the molecule is Cc1cnn([C@@H](C)[C@@H](C)NCc2cnc(N3CCOCC3)nc2)c1. The molecule has 0 saturated carbocycles. The van der Waals surface area contributed by atoms with Crippen molar-refractivity contribution in [3.05, 3.63) is 35.9 Å². The molecule has 2 aromatic heterocycles. The number of morpholine rings is 1. The van der Waals surface area contributed by atoms with Crippen LogP contribution in [0.4, 0.5) is 5.95 Å². The van der Waals surface area contributed by atoms with Crippen LogP contribution in [0.25, 0.3) is 0 Å². The molecule has 0 radical (unpaired) electrons. The van der Waals surface area contributed by atoms with Crippen LogP contribution in [0.15, 0.2) is 24.8 Å². The Bertz CT molecular complexity index is 635. The number of anilines is 1. The average Bonchev–Trinajstić information content (AvgIpc) is 3.06. The van der Waals surface area contributed by atoms with E-state index in [1.165, 1.54) is 5.56 Å². The van der Waals surface area contributed by atoms with Gasteiger partial charge in [-0.15, -0.1) is 0 Å². The van der Waals surface area contributed by atoms with E-state index in [1.54, 1.807) is 0 Å². The van der Waals surface area contributed by atoms with Crippen molar-refractivity contribution in [1.82, 2.24) is 25.1 Å². The van der Waals surface area contributed by atoms with Crippen molar-refractivity contribution in [2.24, 2.45) is 0 Å². The number of hydrogen-bond acceptors (Lipinski definition) is 6. The van der Waals surface area contributed by atoms with Crippen molar-refractivity contribution in [3.63, 3.8) is 0 Å². The van der Waals surface area contributed by atoms with Gasteiger partial charge in [-0.25, -0.2) is 9.97 Å². The maximum absolute atomic E-state index is 5.36. The van der Waals surface area contributed by atoms with E-state index in [2.05, 4.69) is 52.3 Å². The first-order chi connectivity index (χ1) is 11.6. The second-order valence-electron chi connectivity index (χ2n) is 6.40. The van der Waals surface area contributed by atoms with Gasteiger partial charge in [-0.1, -0.05) is 0 Å². The highest BCUT2D eigenvalue weighted by Gasteiger charge is 2.15. The maximum Gasteiger partial charge on any atom is 0.225 e. The minimum absolute atomic E-state index is 0.284. The number of ether oxygens (including phenoxy) is 1. The van der Waals surface area contributed by atoms with Crippen molar-refractivity contribution in [2.75, 3.05) is 31.2 Å². The summed E-state index contributed by atoms with van der Waals surface area (Å²) in [5.74, 6) is 0.787. The molecule has 0 unspecified atom stereocenters. The Balaban J connectivity index is 1.52. The number of aryl methyl sites for hydroxylation is 1. The van der Waals surface area contributed by atoms with E-state index in [-0.39, 0.29) is 6.04 Å². The Morgan fingerprint density at radius 3 is 2.50 bits per heavy atom. The van der Waals surface area contributed by atoms with Crippen molar-refractivity contribution in [3.8, 4) is 0 Å². The molecule has 24 heavy (non-hydrogen) atoms. The van der Waals surface area contributed by atoms with Gasteiger partial charge >= 0.3 is 0 Å². The van der Waals surface area contributed by atoms with Crippen molar-refractivity contribution in [2.45, 2.75) is 39.4 Å². The van der Waals surface area contributed by atoms with E-state index in [9.17, 15) is 0 Å². The minimum atomic E-state index is 0.284. The number of aromatic nitrogens is 4. The molecule has 1 saturated heterocycles. The second-order valence-corrected chi connectivity index (χ2v) is 6.40. The van der Waals surface area contributed by atoms with Gasteiger partial charge in [0.05, 0.1) is 25.5 Å². The normalized spacial score (nSPS) is 17.7. The molecule has 0 spiro atoms. The fourth-order valence-corrected chi connectivity index (χ4v) is 2.70. The van der Waals surface area contributed by atoms with E-state index in [0.717, 1.165) is 44.4 Å². The molecule has 1 fully saturated rings. The molecule has 7 nitrogen and oxygen atoms in total. The topological polar surface area (TPSA) is 68.1 Å². The summed E-state index contributed by atoms with van der Waals surface area (Å²) in [5, 5.41) is 7.92.